The van der Waals surface area contributed by atoms with Gasteiger partial charge in [-0.1, -0.05) is 56.3 Å². The number of thioether (sulfide) groups is 1. The number of nitrogens with two attached hydrogens (primary N) is 1. The van der Waals surface area contributed by atoms with Crippen molar-refractivity contribution in [1.82, 2.24) is 0 Å². The average Bonchev–Trinajstić information content (AvgIpc) is 2.35. The van der Waals surface area contributed by atoms with Gasteiger partial charge in [-0.2, -0.15) is 11.8 Å². The van der Waals surface area contributed by atoms with Gasteiger partial charge in [-0.15, -0.1) is 0 Å². The van der Waals surface area contributed by atoms with E-state index in [4.69, 9.17) is 5.73 Å². The molecule has 90 valence electrons. The zero-order chi connectivity index (χ0) is 12.3. The Bertz CT molecular complexity index is 488. The van der Waals surface area contributed by atoms with Gasteiger partial charge in [0.05, 0.1) is 0 Å². The molecule has 17 heavy (non-hydrogen) atoms. The van der Waals surface area contributed by atoms with E-state index in [-0.39, 0.29) is 6.04 Å². The SMILES string of the molecule is CC(C)SCC(N)c1cccc2ccccc12. The van der Waals surface area contributed by atoms with Gasteiger partial charge in [0.25, 0.3) is 0 Å². The van der Waals surface area contributed by atoms with Crippen LogP contribution in [0.4, 0.5) is 0 Å². The van der Waals surface area contributed by atoms with E-state index in [1.54, 1.807) is 0 Å². The van der Waals surface area contributed by atoms with Crippen molar-refractivity contribution in [2.24, 2.45) is 5.73 Å². The summed E-state index contributed by atoms with van der Waals surface area (Å²) in [6.45, 7) is 4.42. The van der Waals surface area contributed by atoms with Crippen LogP contribution in [0.5, 0.6) is 0 Å². The summed E-state index contributed by atoms with van der Waals surface area (Å²) in [4.78, 5) is 0. The van der Waals surface area contributed by atoms with E-state index in [0.29, 0.717) is 5.25 Å². The van der Waals surface area contributed by atoms with Crippen LogP contribution in [0.3, 0.4) is 0 Å². The number of rotatable bonds is 4. The lowest BCUT2D eigenvalue weighted by molar-refractivity contribution is 0.837. The molecule has 0 heterocycles. The number of benzene rings is 2. The second kappa shape index (κ2) is 5.56. The number of fused-ring (bicyclic) bond motifs is 1. The molecule has 0 radical (unpaired) electrons. The Morgan fingerprint density at radius 1 is 1.06 bits per heavy atom. The Morgan fingerprint density at radius 3 is 2.53 bits per heavy atom. The summed E-state index contributed by atoms with van der Waals surface area (Å²) in [7, 11) is 0. The minimum atomic E-state index is 0.119. The van der Waals surface area contributed by atoms with Crippen molar-refractivity contribution in [2.75, 3.05) is 5.75 Å². The van der Waals surface area contributed by atoms with Crippen LogP contribution in [0, 0.1) is 0 Å². The monoisotopic (exact) mass is 245 g/mol. The number of hydrogen-bond donors (Lipinski definition) is 1. The van der Waals surface area contributed by atoms with Crippen molar-refractivity contribution in [3.05, 3.63) is 48.0 Å². The lowest BCUT2D eigenvalue weighted by Crippen LogP contribution is -2.14. The predicted molar refractivity (Wildman–Crippen MR) is 78.5 cm³/mol. The summed E-state index contributed by atoms with van der Waals surface area (Å²) in [6.07, 6.45) is 0. The molecule has 2 heteroatoms. The molecular formula is C15H19NS. The zero-order valence-electron chi connectivity index (χ0n) is 10.4. The first-order valence-corrected chi connectivity index (χ1v) is 7.08. The Morgan fingerprint density at radius 2 is 1.76 bits per heavy atom. The zero-order valence-corrected chi connectivity index (χ0v) is 11.2. The Kier molecular flexibility index (Phi) is 4.08. The molecule has 2 aromatic rings. The summed E-state index contributed by atoms with van der Waals surface area (Å²) in [6, 6.07) is 14.9. The van der Waals surface area contributed by atoms with Crippen molar-refractivity contribution in [2.45, 2.75) is 25.1 Å². The summed E-state index contributed by atoms with van der Waals surface area (Å²) in [5, 5.41) is 3.19. The topological polar surface area (TPSA) is 26.0 Å². The van der Waals surface area contributed by atoms with Gasteiger partial charge in [0, 0.05) is 11.8 Å². The minimum Gasteiger partial charge on any atom is -0.323 e. The maximum Gasteiger partial charge on any atom is 0.0393 e. The van der Waals surface area contributed by atoms with Gasteiger partial charge >= 0.3 is 0 Å². The highest BCUT2D eigenvalue weighted by Gasteiger charge is 2.10. The second-order valence-corrected chi connectivity index (χ2v) is 6.17. The highest BCUT2D eigenvalue weighted by molar-refractivity contribution is 7.99. The van der Waals surface area contributed by atoms with Gasteiger partial charge in [-0.05, 0) is 21.6 Å². The smallest absolute Gasteiger partial charge is 0.0393 e. The van der Waals surface area contributed by atoms with E-state index in [0.717, 1.165) is 5.75 Å². The molecule has 2 rings (SSSR count). The molecule has 1 nitrogen and oxygen atoms in total. The molecule has 1 unspecified atom stereocenters. The number of hydrogen-bond acceptors (Lipinski definition) is 2. The van der Waals surface area contributed by atoms with Gasteiger partial charge in [0.1, 0.15) is 0 Å². The van der Waals surface area contributed by atoms with Crippen LogP contribution in [0.2, 0.25) is 0 Å². The van der Waals surface area contributed by atoms with Gasteiger partial charge in [-0.3, -0.25) is 0 Å². The van der Waals surface area contributed by atoms with E-state index < -0.39 is 0 Å². The minimum absolute atomic E-state index is 0.119. The molecule has 0 saturated carbocycles. The second-order valence-electron chi connectivity index (χ2n) is 4.56. The fraction of sp³-hybridized carbons (Fsp3) is 0.333. The normalized spacial score (nSPS) is 13.2. The maximum absolute atomic E-state index is 6.29. The molecule has 0 fully saturated rings. The lowest BCUT2D eigenvalue weighted by Gasteiger charge is -2.15. The molecule has 0 aliphatic carbocycles. The summed E-state index contributed by atoms with van der Waals surface area (Å²) in [5.74, 6) is 0.978. The van der Waals surface area contributed by atoms with Crippen molar-refractivity contribution in [3.8, 4) is 0 Å². The summed E-state index contributed by atoms with van der Waals surface area (Å²) < 4.78 is 0. The molecular weight excluding hydrogens is 226 g/mol. The standard InChI is InChI=1S/C15H19NS/c1-11(2)17-10-15(16)14-9-5-7-12-6-3-4-8-13(12)14/h3-9,11,15H,10,16H2,1-2H3. The fourth-order valence-electron chi connectivity index (χ4n) is 1.96. The van der Waals surface area contributed by atoms with E-state index in [1.807, 2.05) is 11.8 Å². The molecule has 0 bridgehead atoms. The Balaban J connectivity index is 2.28. The molecule has 0 spiro atoms. The van der Waals surface area contributed by atoms with E-state index in [9.17, 15) is 0 Å². The van der Waals surface area contributed by atoms with Crippen LogP contribution in [0.15, 0.2) is 42.5 Å². The largest absolute Gasteiger partial charge is 0.323 e. The summed E-state index contributed by atoms with van der Waals surface area (Å²) >= 11 is 1.92. The molecule has 0 saturated heterocycles. The van der Waals surface area contributed by atoms with Crippen molar-refractivity contribution in [3.63, 3.8) is 0 Å². The third-order valence-electron chi connectivity index (χ3n) is 2.83. The molecule has 2 N–H and O–H groups in total. The first-order chi connectivity index (χ1) is 8.18. The van der Waals surface area contributed by atoms with Gasteiger partial charge < -0.3 is 5.73 Å². The lowest BCUT2D eigenvalue weighted by atomic mass is 10.0. The van der Waals surface area contributed by atoms with Crippen molar-refractivity contribution in [1.29, 1.82) is 0 Å². The van der Waals surface area contributed by atoms with E-state index >= 15 is 0 Å². The molecule has 1 atom stereocenters. The Labute approximate surface area is 107 Å². The van der Waals surface area contributed by atoms with Crippen LogP contribution in [-0.4, -0.2) is 11.0 Å². The maximum atomic E-state index is 6.29. The first kappa shape index (κ1) is 12.5. The molecule has 0 aromatic heterocycles. The highest BCUT2D eigenvalue weighted by atomic mass is 32.2. The molecule has 2 aromatic carbocycles. The molecule has 0 aliphatic rings. The van der Waals surface area contributed by atoms with Crippen LogP contribution in [0.25, 0.3) is 10.8 Å². The predicted octanol–water partition coefficient (Wildman–Crippen LogP) is 3.98. The highest BCUT2D eigenvalue weighted by Crippen LogP contribution is 2.26. The summed E-state index contributed by atoms with van der Waals surface area (Å²) in [5.41, 5.74) is 7.55. The Hall–Kier alpha value is -0.990. The van der Waals surface area contributed by atoms with Crippen molar-refractivity contribution < 1.29 is 0 Å². The first-order valence-electron chi connectivity index (χ1n) is 6.03. The van der Waals surface area contributed by atoms with Gasteiger partial charge in [-0.25, -0.2) is 0 Å². The van der Waals surface area contributed by atoms with Gasteiger partial charge in [0.15, 0.2) is 0 Å². The third-order valence-corrected chi connectivity index (χ3v) is 4.05. The molecule has 0 amide bonds. The third kappa shape index (κ3) is 3.02. The van der Waals surface area contributed by atoms with Crippen LogP contribution in [-0.2, 0) is 0 Å². The van der Waals surface area contributed by atoms with Crippen LogP contribution >= 0.6 is 11.8 Å². The van der Waals surface area contributed by atoms with Crippen molar-refractivity contribution >= 4 is 22.5 Å². The average molecular weight is 245 g/mol. The van der Waals surface area contributed by atoms with E-state index in [2.05, 4.69) is 56.3 Å². The quantitative estimate of drug-likeness (QED) is 0.881. The van der Waals surface area contributed by atoms with Crippen LogP contribution in [0.1, 0.15) is 25.5 Å². The van der Waals surface area contributed by atoms with Crippen LogP contribution < -0.4 is 5.73 Å². The molecule has 0 aliphatic heterocycles. The van der Waals surface area contributed by atoms with E-state index in [1.165, 1.54) is 16.3 Å². The van der Waals surface area contributed by atoms with Gasteiger partial charge in [0.2, 0.25) is 0 Å². The fourth-order valence-corrected chi connectivity index (χ4v) is 2.73.